The lowest BCUT2D eigenvalue weighted by molar-refractivity contribution is -0.142. The van der Waals surface area contributed by atoms with Crippen LogP contribution in [-0.2, 0) is 36.8 Å². The topological polar surface area (TPSA) is 224 Å². The largest absolute Gasteiger partial charge is 0.481 e. The number of carbonyl (C=O) groups is 5. The van der Waals surface area contributed by atoms with Crippen LogP contribution in [0.2, 0.25) is 0 Å². The van der Waals surface area contributed by atoms with E-state index in [1.54, 1.807) is 42.6 Å². The number of benzene rings is 2. The summed E-state index contributed by atoms with van der Waals surface area (Å²) in [4.78, 5) is 64.6. The number of rotatable bonds is 15. The van der Waals surface area contributed by atoms with Gasteiger partial charge in [0, 0.05) is 36.4 Å². The van der Waals surface area contributed by atoms with Crippen molar-refractivity contribution in [2.45, 2.75) is 49.9 Å². The van der Waals surface area contributed by atoms with Crippen molar-refractivity contribution in [3.05, 3.63) is 71.9 Å². The van der Waals surface area contributed by atoms with Gasteiger partial charge < -0.3 is 42.0 Å². The molecule has 1 heterocycles. The third-order valence-electron chi connectivity index (χ3n) is 6.45. The molecule has 0 fully saturated rings. The Labute approximate surface area is 235 Å². The third kappa shape index (κ3) is 8.88. The number of aliphatic carboxylic acids is 2. The second kappa shape index (κ2) is 14.6. The summed E-state index contributed by atoms with van der Waals surface area (Å²) in [5.74, 6) is -4.97. The number of hydrogen-bond acceptors (Lipinski definition) is 7. The summed E-state index contributed by atoms with van der Waals surface area (Å²) in [6.07, 6.45) is 1.09. The van der Waals surface area contributed by atoms with E-state index in [-0.39, 0.29) is 25.7 Å². The van der Waals surface area contributed by atoms with Gasteiger partial charge in [-0.2, -0.15) is 0 Å². The van der Waals surface area contributed by atoms with Crippen molar-refractivity contribution in [1.29, 1.82) is 0 Å². The Kier molecular flexibility index (Phi) is 11.0. The highest BCUT2D eigenvalue weighted by Crippen LogP contribution is 2.19. The Morgan fingerprint density at radius 2 is 1.39 bits per heavy atom. The van der Waals surface area contributed by atoms with Gasteiger partial charge in [0.15, 0.2) is 0 Å². The van der Waals surface area contributed by atoms with Crippen LogP contribution in [0, 0.1) is 0 Å². The van der Waals surface area contributed by atoms with E-state index in [0.29, 0.717) is 11.1 Å². The van der Waals surface area contributed by atoms with Crippen molar-refractivity contribution in [3.63, 3.8) is 0 Å². The number of aliphatic hydroxyl groups is 1. The molecular formula is C28H33N5O8. The monoisotopic (exact) mass is 567 g/mol. The molecule has 0 aliphatic heterocycles. The first-order valence-corrected chi connectivity index (χ1v) is 12.9. The maximum Gasteiger partial charge on any atom is 0.326 e. The molecule has 218 valence electrons. The molecule has 13 nitrogen and oxygen atoms in total. The van der Waals surface area contributed by atoms with Crippen molar-refractivity contribution < 1.29 is 39.3 Å². The Bertz CT molecular complexity index is 1380. The number of H-pyrrole nitrogens is 1. The predicted molar refractivity (Wildman–Crippen MR) is 148 cm³/mol. The summed E-state index contributed by atoms with van der Waals surface area (Å²) in [5.41, 5.74) is 7.91. The molecule has 0 aliphatic carbocycles. The molecule has 4 unspecified atom stereocenters. The van der Waals surface area contributed by atoms with Crippen LogP contribution in [-0.4, -0.2) is 80.7 Å². The molecule has 0 spiro atoms. The van der Waals surface area contributed by atoms with Gasteiger partial charge in [0.05, 0.1) is 12.6 Å². The number of aromatic nitrogens is 1. The molecule has 0 aliphatic rings. The van der Waals surface area contributed by atoms with E-state index in [2.05, 4.69) is 20.9 Å². The van der Waals surface area contributed by atoms with Crippen LogP contribution in [0.25, 0.3) is 10.9 Å². The van der Waals surface area contributed by atoms with E-state index in [4.69, 9.17) is 10.8 Å². The molecule has 4 atom stereocenters. The highest BCUT2D eigenvalue weighted by molar-refractivity contribution is 5.94. The van der Waals surface area contributed by atoms with Crippen LogP contribution >= 0.6 is 0 Å². The van der Waals surface area contributed by atoms with Crippen LogP contribution in [0.1, 0.15) is 24.0 Å². The van der Waals surface area contributed by atoms with Crippen molar-refractivity contribution in [2.75, 3.05) is 6.61 Å². The molecule has 3 amide bonds. The van der Waals surface area contributed by atoms with Crippen molar-refractivity contribution in [3.8, 4) is 0 Å². The first-order valence-electron chi connectivity index (χ1n) is 12.9. The molecule has 9 N–H and O–H groups in total. The van der Waals surface area contributed by atoms with Gasteiger partial charge in [0.25, 0.3) is 0 Å². The summed E-state index contributed by atoms with van der Waals surface area (Å²) >= 11 is 0. The number of carboxylic acid groups (broad SMARTS) is 2. The number of nitrogens with two attached hydrogens (primary N) is 1. The molecule has 1 aromatic heterocycles. The minimum atomic E-state index is -1.52. The molecule has 0 radical (unpaired) electrons. The lowest BCUT2D eigenvalue weighted by Gasteiger charge is -2.24. The lowest BCUT2D eigenvalue weighted by Crippen LogP contribution is -2.58. The molecule has 2 aromatic carbocycles. The summed E-state index contributed by atoms with van der Waals surface area (Å²) in [7, 11) is 0. The highest BCUT2D eigenvalue weighted by atomic mass is 16.4. The zero-order valence-corrected chi connectivity index (χ0v) is 22.1. The van der Waals surface area contributed by atoms with Crippen LogP contribution < -0.4 is 21.7 Å². The number of fused-ring (bicyclic) bond motifs is 1. The Morgan fingerprint density at radius 1 is 0.780 bits per heavy atom. The minimum Gasteiger partial charge on any atom is -0.481 e. The van der Waals surface area contributed by atoms with E-state index < -0.39 is 60.4 Å². The maximum absolute atomic E-state index is 13.2. The molecule has 3 aromatic rings. The number of nitrogens with one attached hydrogen (secondary N) is 4. The van der Waals surface area contributed by atoms with Crippen molar-refractivity contribution in [1.82, 2.24) is 20.9 Å². The van der Waals surface area contributed by atoms with Crippen LogP contribution in [0.5, 0.6) is 0 Å². The fourth-order valence-corrected chi connectivity index (χ4v) is 4.21. The molecule has 41 heavy (non-hydrogen) atoms. The number of carbonyl (C=O) groups excluding carboxylic acids is 3. The van der Waals surface area contributed by atoms with Crippen molar-refractivity contribution >= 4 is 40.6 Å². The highest BCUT2D eigenvalue weighted by Gasteiger charge is 2.30. The van der Waals surface area contributed by atoms with Crippen LogP contribution in [0.15, 0.2) is 60.8 Å². The van der Waals surface area contributed by atoms with Gasteiger partial charge in [-0.05, 0) is 23.6 Å². The van der Waals surface area contributed by atoms with Gasteiger partial charge in [-0.25, -0.2) is 4.79 Å². The molecule has 13 heteroatoms. The minimum absolute atomic E-state index is 0.00213. The standard InChI is InChI=1S/C28H33N5O8/c29-19(10-11-24(35)36)25(37)31-21(12-16-6-2-1-3-7-16)26(38)33-23(15-34)27(39)32-22(28(40)41)13-17-14-30-20-9-5-4-8-18(17)20/h1-9,14,19,21-23,30,34H,10-13,15,29H2,(H,31,37)(H,32,39)(H,33,38)(H,35,36)(H,40,41). The van der Waals surface area contributed by atoms with Gasteiger partial charge >= 0.3 is 11.9 Å². The van der Waals surface area contributed by atoms with Gasteiger partial charge in [-0.1, -0.05) is 48.5 Å². The average molecular weight is 568 g/mol. The zero-order chi connectivity index (χ0) is 29.9. The van der Waals surface area contributed by atoms with E-state index in [1.165, 1.54) is 0 Å². The van der Waals surface area contributed by atoms with Crippen LogP contribution in [0.3, 0.4) is 0 Å². The molecule has 0 saturated carbocycles. The summed E-state index contributed by atoms with van der Waals surface area (Å²) in [5, 5.41) is 36.5. The summed E-state index contributed by atoms with van der Waals surface area (Å²) < 4.78 is 0. The number of aliphatic hydroxyl groups excluding tert-OH is 1. The quantitative estimate of drug-likeness (QED) is 0.120. The van der Waals surface area contributed by atoms with Crippen molar-refractivity contribution in [2.24, 2.45) is 5.73 Å². The number of hydrogen-bond donors (Lipinski definition) is 8. The molecule has 0 bridgehead atoms. The fourth-order valence-electron chi connectivity index (χ4n) is 4.21. The zero-order valence-electron chi connectivity index (χ0n) is 22.1. The Balaban J connectivity index is 1.70. The maximum atomic E-state index is 13.2. The lowest BCUT2D eigenvalue weighted by atomic mass is 10.0. The van der Waals surface area contributed by atoms with Gasteiger partial charge in [-0.15, -0.1) is 0 Å². The van der Waals surface area contributed by atoms with Gasteiger partial charge in [0.1, 0.15) is 18.1 Å². The van der Waals surface area contributed by atoms with Gasteiger partial charge in [0.2, 0.25) is 17.7 Å². The molecule has 0 saturated heterocycles. The first-order chi connectivity index (χ1) is 19.6. The molecular weight excluding hydrogens is 534 g/mol. The normalized spacial score (nSPS) is 13.9. The van der Waals surface area contributed by atoms with E-state index in [0.717, 1.165) is 10.9 Å². The number of aromatic amines is 1. The second-order valence-electron chi connectivity index (χ2n) is 9.50. The SMILES string of the molecule is NC(CCC(=O)O)C(=O)NC(Cc1ccccc1)C(=O)NC(CO)C(=O)NC(Cc1c[nH]c2ccccc12)C(=O)O. The number of para-hydroxylation sites is 1. The Hall–Kier alpha value is -4.75. The predicted octanol–water partition coefficient (Wildman–Crippen LogP) is -0.323. The Morgan fingerprint density at radius 3 is 2.05 bits per heavy atom. The smallest absolute Gasteiger partial charge is 0.326 e. The van der Waals surface area contributed by atoms with E-state index in [1.807, 2.05) is 18.2 Å². The summed E-state index contributed by atoms with van der Waals surface area (Å²) in [6, 6.07) is 10.6. The van der Waals surface area contributed by atoms with E-state index in [9.17, 15) is 34.2 Å². The summed E-state index contributed by atoms with van der Waals surface area (Å²) in [6.45, 7) is -0.846. The molecule has 3 rings (SSSR count). The third-order valence-corrected chi connectivity index (χ3v) is 6.45. The second-order valence-corrected chi connectivity index (χ2v) is 9.50. The number of amides is 3. The van der Waals surface area contributed by atoms with Crippen LogP contribution in [0.4, 0.5) is 0 Å². The first kappa shape index (κ1) is 30.8. The fraction of sp³-hybridized carbons (Fsp3) is 0.321. The van der Waals surface area contributed by atoms with Gasteiger partial charge in [-0.3, -0.25) is 19.2 Å². The average Bonchev–Trinajstić information content (AvgIpc) is 3.36. The van der Waals surface area contributed by atoms with E-state index >= 15 is 0 Å². The number of carboxylic acids is 2.